The molecule has 57 heavy (non-hydrogen) atoms. The summed E-state index contributed by atoms with van der Waals surface area (Å²) in [6.45, 7) is 4.70. The fraction of sp³-hybridized carbons (Fsp3) is 0.898. The summed E-state index contributed by atoms with van der Waals surface area (Å²) in [5.74, 6) is -1.46. The molecule has 0 aliphatic carbocycles. The monoisotopic (exact) mass is 809 g/mol. The molecule has 2 atom stereocenters. The molecule has 8 nitrogen and oxygen atoms in total. The van der Waals surface area contributed by atoms with E-state index in [1.807, 2.05) is 21.1 Å². The first-order valence-corrected chi connectivity index (χ1v) is 24.2. The predicted octanol–water partition coefficient (Wildman–Crippen LogP) is 13.5. The van der Waals surface area contributed by atoms with E-state index in [1.54, 1.807) is 0 Å². The molecule has 0 rings (SSSR count). The van der Waals surface area contributed by atoms with Crippen LogP contribution in [0.4, 0.5) is 0 Å². The van der Waals surface area contributed by atoms with Gasteiger partial charge in [-0.25, -0.2) is 4.79 Å². The third-order valence-electron chi connectivity index (χ3n) is 11.1. The van der Waals surface area contributed by atoms with Gasteiger partial charge < -0.3 is 23.8 Å². The van der Waals surface area contributed by atoms with Gasteiger partial charge in [0.2, 0.25) is 0 Å². The van der Waals surface area contributed by atoms with Crippen molar-refractivity contribution in [2.75, 3.05) is 41.0 Å². The van der Waals surface area contributed by atoms with Gasteiger partial charge in [0.15, 0.2) is 12.1 Å². The van der Waals surface area contributed by atoms with Gasteiger partial charge in [-0.15, -0.1) is 0 Å². The molecule has 336 valence electrons. The summed E-state index contributed by atoms with van der Waals surface area (Å²) in [5.41, 5.74) is 0. The van der Waals surface area contributed by atoms with Crippen LogP contribution >= 0.6 is 0 Å². The molecule has 0 aromatic carbocycles. The van der Waals surface area contributed by atoms with Crippen LogP contribution in [-0.2, 0) is 28.6 Å². The number of rotatable bonds is 44. The van der Waals surface area contributed by atoms with Crippen LogP contribution in [0.1, 0.15) is 232 Å². The number of nitrogens with zero attached hydrogens (tertiary/aromatic N) is 1. The molecule has 0 fully saturated rings. The van der Waals surface area contributed by atoms with Gasteiger partial charge in [0.05, 0.1) is 34.4 Å². The number of hydrogen-bond acceptors (Lipinski definition) is 6. The Labute approximate surface area is 352 Å². The summed E-state index contributed by atoms with van der Waals surface area (Å²) in [6.07, 6.45) is 44.2. The average molecular weight is 809 g/mol. The lowest BCUT2D eigenvalue weighted by Gasteiger charge is -2.31. The van der Waals surface area contributed by atoms with Crippen LogP contribution in [0.5, 0.6) is 0 Å². The maximum absolute atomic E-state index is 12.7. The SMILES string of the molecule is CCC/C=C\CCCCCCCC(=O)OC(COCCC(C(=O)O)[N+](C)(C)C)COC(=O)CCCCCCCCCCCCCCCCCCCCCCCCC. The molecule has 2 unspecified atom stereocenters. The summed E-state index contributed by atoms with van der Waals surface area (Å²) >= 11 is 0. The lowest BCUT2D eigenvalue weighted by molar-refractivity contribution is -0.887. The third kappa shape index (κ3) is 39.3. The second kappa shape index (κ2) is 40.8. The molecular weight excluding hydrogens is 715 g/mol. The predicted molar refractivity (Wildman–Crippen MR) is 239 cm³/mol. The minimum Gasteiger partial charge on any atom is -0.477 e. The minimum atomic E-state index is -0.874. The summed E-state index contributed by atoms with van der Waals surface area (Å²) in [7, 11) is 5.53. The highest BCUT2D eigenvalue weighted by molar-refractivity contribution is 5.72. The van der Waals surface area contributed by atoms with Crippen molar-refractivity contribution >= 4 is 17.9 Å². The molecule has 0 aliphatic rings. The number of aliphatic carboxylic acids is 1. The Hall–Kier alpha value is -1.93. The van der Waals surface area contributed by atoms with Gasteiger partial charge in [-0.3, -0.25) is 9.59 Å². The molecule has 0 aromatic heterocycles. The highest BCUT2D eigenvalue weighted by Crippen LogP contribution is 2.17. The molecule has 8 heteroatoms. The Kier molecular flexibility index (Phi) is 39.4. The van der Waals surface area contributed by atoms with Crippen LogP contribution in [-0.4, -0.2) is 80.6 Å². The van der Waals surface area contributed by atoms with E-state index in [2.05, 4.69) is 26.0 Å². The molecule has 0 bridgehead atoms. The standard InChI is InChI=1S/C49H93NO7/c1-6-8-10-12-14-16-18-19-20-21-22-23-24-25-26-27-28-29-30-32-33-35-37-39-47(51)56-44-45(43-55-42-41-46(49(53)54)50(3,4)5)57-48(52)40-38-36-34-31-17-15-13-11-9-7-2/h11,13,45-46H,6-10,12,14-44H2,1-5H3/p+1/b13-11-. The molecule has 1 N–H and O–H groups in total. The second-order valence-corrected chi connectivity index (χ2v) is 17.7. The summed E-state index contributed by atoms with van der Waals surface area (Å²) in [6, 6.07) is -0.611. The largest absolute Gasteiger partial charge is 0.477 e. The van der Waals surface area contributed by atoms with Crippen LogP contribution in [0, 0.1) is 0 Å². The van der Waals surface area contributed by atoms with Crippen molar-refractivity contribution < 1.29 is 38.2 Å². The number of carbonyl (C=O) groups is 3. The van der Waals surface area contributed by atoms with Crippen molar-refractivity contribution in [1.29, 1.82) is 0 Å². The van der Waals surface area contributed by atoms with E-state index < -0.39 is 18.1 Å². The quantitative estimate of drug-likeness (QED) is 0.0283. The Morgan fingerprint density at radius 1 is 0.509 bits per heavy atom. The molecule has 0 aliphatic heterocycles. The Morgan fingerprint density at radius 2 is 0.912 bits per heavy atom. The molecule has 0 spiro atoms. The lowest BCUT2D eigenvalue weighted by Crippen LogP contribution is -2.50. The second-order valence-electron chi connectivity index (χ2n) is 17.7. The van der Waals surface area contributed by atoms with E-state index in [0.29, 0.717) is 19.3 Å². The number of likely N-dealkylation sites (N-methyl/N-ethyl adjacent to an activating group) is 1. The number of hydrogen-bond donors (Lipinski definition) is 1. The van der Waals surface area contributed by atoms with Crippen molar-refractivity contribution in [2.24, 2.45) is 0 Å². The molecule has 0 radical (unpaired) electrons. The summed E-state index contributed by atoms with van der Waals surface area (Å²) in [4.78, 5) is 36.9. The maximum atomic E-state index is 12.7. The zero-order chi connectivity index (χ0) is 42.1. The van der Waals surface area contributed by atoms with E-state index in [-0.39, 0.29) is 36.2 Å². The van der Waals surface area contributed by atoms with Gasteiger partial charge in [-0.1, -0.05) is 193 Å². The Bertz CT molecular complexity index is 947. The number of ether oxygens (including phenoxy) is 3. The first-order valence-electron chi connectivity index (χ1n) is 24.2. The van der Waals surface area contributed by atoms with Crippen LogP contribution in [0.25, 0.3) is 0 Å². The number of carbonyl (C=O) groups excluding carboxylic acids is 2. The maximum Gasteiger partial charge on any atom is 0.362 e. The van der Waals surface area contributed by atoms with Crippen LogP contribution in [0.15, 0.2) is 12.2 Å². The number of carboxylic acids is 1. The van der Waals surface area contributed by atoms with Crippen molar-refractivity contribution in [3.63, 3.8) is 0 Å². The lowest BCUT2D eigenvalue weighted by atomic mass is 10.0. The average Bonchev–Trinajstić information content (AvgIpc) is 3.17. The highest BCUT2D eigenvalue weighted by atomic mass is 16.6. The first kappa shape index (κ1) is 55.1. The van der Waals surface area contributed by atoms with Crippen molar-refractivity contribution in [3.8, 4) is 0 Å². The van der Waals surface area contributed by atoms with E-state index >= 15 is 0 Å². The number of allylic oxidation sites excluding steroid dienone is 2. The zero-order valence-corrected chi connectivity index (χ0v) is 38.3. The third-order valence-corrected chi connectivity index (χ3v) is 11.1. The van der Waals surface area contributed by atoms with E-state index in [1.165, 1.54) is 141 Å². The molecule has 0 saturated carbocycles. The summed E-state index contributed by atoms with van der Waals surface area (Å²) in [5, 5.41) is 9.61. The van der Waals surface area contributed by atoms with Crippen molar-refractivity contribution in [2.45, 2.75) is 244 Å². The van der Waals surface area contributed by atoms with Crippen LogP contribution in [0.2, 0.25) is 0 Å². The van der Waals surface area contributed by atoms with Gasteiger partial charge >= 0.3 is 17.9 Å². The molecule has 0 heterocycles. The summed E-state index contributed by atoms with van der Waals surface area (Å²) < 4.78 is 17.3. The minimum absolute atomic E-state index is 0.0484. The number of esters is 2. The van der Waals surface area contributed by atoms with Crippen LogP contribution in [0.3, 0.4) is 0 Å². The molecule has 0 saturated heterocycles. The topological polar surface area (TPSA) is 99.1 Å². The van der Waals surface area contributed by atoms with Gasteiger partial charge in [-0.2, -0.15) is 0 Å². The molecular formula is C49H94NO7+. The van der Waals surface area contributed by atoms with E-state index in [0.717, 1.165) is 57.8 Å². The van der Waals surface area contributed by atoms with Gasteiger partial charge in [0.25, 0.3) is 0 Å². The number of carboxylic acid groups (broad SMARTS) is 1. The van der Waals surface area contributed by atoms with E-state index in [4.69, 9.17) is 14.2 Å². The van der Waals surface area contributed by atoms with Gasteiger partial charge in [0.1, 0.15) is 6.61 Å². The number of quaternary nitrogens is 1. The first-order chi connectivity index (χ1) is 27.6. The zero-order valence-electron chi connectivity index (χ0n) is 38.3. The smallest absolute Gasteiger partial charge is 0.362 e. The van der Waals surface area contributed by atoms with E-state index in [9.17, 15) is 19.5 Å². The molecule has 0 amide bonds. The fourth-order valence-corrected chi connectivity index (χ4v) is 7.39. The van der Waals surface area contributed by atoms with Crippen LogP contribution < -0.4 is 0 Å². The van der Waals surface area contributed by atoms with Gasteiger partial charge in [-0.05, 0) is 32.1 Å². The normalized spacial score (nSPS) is 12.9. The molecule has 0 aromatic rings. The highest BCUT2D eigenvalue weighted by Gasteiger charge is 2.31. The van der Waals surface area contributed by atoms with Crippen molar-refractivity contribution in [1.82, 2.24) is 0 Å². The fourth-order valence-electron chi connectivity index (χ4n) is 7.39. The Balaban J connectivity index is 4.09. The van der Waals surface area contributed by atoms with Crippen molar-refractivity contribution in [3.05, 3.63) is 12.2 Å². The number of unbranched alkanes of at least 4 members (excludes halogenated alkanes) is 28. The Morgan fingerprint density at radius 3 is 1.33 bits per heavy atom. The van der Waals surface area contributed by atoms with Gasteiger partial charge in [0, 0.05) is 19.3 Å².